The maximum atomic E-state index is 6.00. The van der Waals surface area contributed by atoms with E-state index < -0.39 is 0 Å². The lowest BCUT2D eigenvalue weighted by Gasteiger charge is -2.26. The van der Waals surface area contributed by atoms with Crippen LogP contribution in [0, 0.1) is 11.7 Å². The van der Waals surface area contributed by atoms with Gasteiger partial charge in [-0.05, 0) is 67.9 Å². The summed E-state index contributed by atoms with van der Waals surface area (Å²) in [7, 11) is 0. The van der Waals surface area contributed by atoms with Crippen molar-refractivity contribution in [1.29, 1.82) is 0 Å². The minimum atomic E-state index is 0.289. The molecule has 178 valence electrons. The number of para-hydroxylation sites is 1. The summed E-state index contributed by atoms with van der Waals surface area (Å²) in [6, 6.07) is 25.3. The Morgan fingerprint density at radius 3 is 2.60 bits per heavy atom. The van der Waals surface area contributed by atoms with Crippen molar-refractivity contribution >= 4 is 12.2 Å². The highest BCUT2D eigenvalue weighted by Crippen LogP contribution is 2.38. The summed E-state index contributed by atoms with van der Waals surface area (Å²) in [4.78, 5) is 2.46. The zero-order valence-electron chi connectivity index (χ0n) is 19.8. The van der Waals surface area contributed by atoms with Crippen LogP contribution >= 0.6 is 12.2 Å². The Hall–Kier alpha value is -3.42. The number of rotatable bonds is 5. The highest BCUT2D eigenvalue weighted by Gasteiger charge is 2.28. The Morgan fingerprint density at radius 2 is 1.77 bits per heavy atom. The normalized spacial score (nSPS) is 17.6. The van der Waals surface area contributed by atoms with Crippen molar-refractivity contribution < 1.29 is 9.47 Å². The van der Waals surface area contributed by atoms with Crippen molar-refractivity contribution in [3.63, 3.8) is 0 Å². The summed E-state index contributed by atoms with van der Waals surface area (Å²) in [5.74, 6) is 2.53. The van der Waals surface area contributed by atoms with E-state index in [0.717, 1.165) is 48.0 Å². The molecule has 0 bridgehead atoms. The topological polar surface area (TPSA) is 44.5 Å². The van der Waals surface area contributed by atoms with Gasteiger partial charge >= 0.3 is 0 Å². The van der Waals surface area contributed by atoms with Crippen molar-refractivity contribution in [2.45, 2.75) is 32.5 Å². The van der Waals surface area contributed by atoms with E-state index in [0.29, 0.717) is 24.7 Å². The minimum absolute atomic E-state index is 0.289. The monoisotopic (exact) mass is 484 g/mol. The van der Waals surface area contributed by atoms with Crippen molar-refractivity contribution in [1.82, 2.24) is 19.2 Å². The zero-order chi connectivity index (χ0) is 23.8. The average Bonchev–Trinajstić information content (AvgIpc) is 3.49. The van der Waals surface area contributed by atoms with Gasteiger partial charge in [0, 0.05) is 23.8 Å². The van der Waals surface area contributed by atoms with Crippen molar-refractivity contribution in [3.8, 4) is 28.6 Å². The van der Waals surface area contributed by atoms with Crippen LogP contribution in [0.2, 0.25) is 0 Å². The molecule has 4 aromatic rings. The fourth-order valence-corrected chi connectivity index (χ4v) is 5.38. The number of likely N-dealkylation sites (tertiary alicyclic amines) is 1. The highest BCUT2D eigenvalue weighted by atomic mass is 32.1. The summed E-state index contributed by atoms with van der Waals surface area (Å²) in [6.45, 7) is 4.94. The molecule has 1 atom stereocenters. The third kappa shape index (κ3) is 4.26. The Labute approximate surface area is 210 Å². The second kappa shape index (κ2) is 9.32. The molecule has 0 spiro atoms. The van der Waals surface area contributed by atoms with E-state index in [1.165, 1.54) is 11.1 Å². The van der Waals surface area contributed by atoms with E-state index in [4.69, 9.17) is 26.8 Å². The van der Waals surface area contributed by atoms with Crippen LogP contribution in [0.25, 0.3) is 17.1 Å². The van der Waals surface area contributed by atoms with Gasteiger partial charge in [-0.25, -0.2) is 4.68 Å². The van der Waals surface area contributed by atoms with Gasteiger partial charge in [0.15, 0.2) is 17.3 Å². The molecule has 1 saturated heterocycles. The van der Waals surface area contributed by atoms with E-state index in [-0.39, 0.29) is 6.04 Å². The molecule has 6 rings (SSSR count). The minimum Gasteiger partial charge on any atom is -0.486 e. The SMILES string of the molecule is Cc1cccc(-c2nn(CN3CCC[C@H]3c3ccc4c(c3)OCCO4)c(=S)n2-c2ccccc2)c1. The first-order valence-corrected chi connectivity index (χ1v) is 12.5. The largest absolute Gasteiger partial charge is 0.486 e. The Kier molecular flexibility index (Phi) is 5.88. The first kappa shape index (κ1) is 22.1. The molecular formula is C28H28N4O2S. The molecular weight excluding hydrogens is 456 g/mol. The maximum absolute atomic E-state index is 6.00. The number of hydrogen-bond donors (Lipinski definition) is 0. The van der Waals surface area contributed by atoms with Gasteiger partial charge in [-0.1, -0.05) is 48.0 Å². The van der Waals surface area contributed by atoms with Gasteiger partial charge in [-0.15, -0.1) is 5.10 Å². The lowest BCUT2D eigenvalue weighted by atomic mass is 10.0. The third-order valence-electron chi connectivity index (χ3n) is 6.76. The lowest BCUT2D eigenvalue weighted by molar-refractivity contribution is 0.168. The Bertz CT molecular complexity index is 1410. The molecule has 0 aliphatic carbocycles. The first-order chi connectivity index (χ1) is 17.2. The quantitative estimate of drug-likeness (QED) is 0.328. The average molecular weight is 485 g/mol. The van der Waals surface area contributed by atoms with Crippen LogP contribution in [-0.4, -0.2) is 39.0 Å². The number of nitrogens with zero attached hydrogens (tertiary/aromatic N) is 4. The van der Waals surface area contributed by atoms with Crippen LogP contribution < -0.4 is 9.47 Å². The molecule has 1 aromatic heterocycles. The number of hydrogen-bond acceptors (Lipinski definition) is 5. The van der Waals surface area contributed by atoms with E-state index in [9.17, 15) is 0 Å². The molecule has 0 amide bonds. The van der Waals surface area contributed by atoms with Crippen LogP contribution in [0.3, 0.4) is 0 Å². The van der Waals surface area contributed by atoms with Crippen LogP contribution in [0.4, 0.5) is 0 Å². The molecule has 2 aliphatic heterocycles. The van der Waals surface area contributed by atoms with Gasteiger partial charge in [0.25, 0.3) is 0 Å². The number of benzene rings is 3. The summed E-state index contributed by atoms with van der Waals surface area (Å²) in [5.41, 5.74) is 4.52. The van der Waals surface area contributed by atoms with Gasteiger partial charge in [0.05, 0.1) is 6.67 Å². The molecule has 35 heavy (non-hydrogen) atoms. The summed E-state index contributed by atoms with van der Waals surface area (Å²) >= 11 is 6.00. The standard InChI is InChI=1S/C28H28N4O2S/c1-20-7-5-8-22(17-20)27-29-31(28(35)32(27)23-9-3-2-4-10-23)19-30-14-6-11-24(30)21-12-13-25-26(18-21)34-16-15-33-25/h2-5,7-10,12-13,17-18,24H,6,11,14-16,19H2,1H3/t24-/m0/s1. The highest BCUT2D eigenvalue weighted by molar-refractivity contribution is 7.71. The Morgan fingerprint density at radius 1 is 0.943 bits per heavy atom. The predicted molar refractivity (Wildman–Crippen MR) is 139 cm³/mol. The van der Waals surface area contributed by atoms with Crippen molar-refractivity contribution in [2.24, 2.45) is 0 Å². The first-order valence-electron chi connectivity index (χ1n) is 12.1. The molecule has 2 aliphatic rings. The molecule has 6 nitrogen and oxygen atoms in total. The fraction of sp³-hybridized carbons (Fsp3) is 0.286. The molecule has 7 heteroatoms. The second-order valence-electron chi connectivity index (χ2n) is 9.16. The number of fused-ring (bicyclic) bond motifs is 1. The van der Waals surface area contributed by atoms with E-state index >= 15 is 0 Å². The molecule has 0 radical (unpaired) electrons. The molecule has 0 N–H and O–H groups in total. The zero-order valence-corrected chi connectivity index (χ0v) is 20.6. The molecule has 0 saturated carbocycles. The molecule has 0 unspecified atom stereocenters. The summed E-state index contributed by atoms with van der Waals surface area (Å²) in [6.07, 6.45) is 2.23. The van der Waals surface area contributed by atoms with Gasteiger partial charge in [-0.3, -0.25) is 9.47 Å². The molecule has 1 fully saturated rings. The molecule has 3 heterocycles. The van der Waals surface area contributed by atoms with Gasteiger partial charge < -0.3 is 9.47 Å². The number of aromatic nitrogens is 3. The lowest BCUT2D eigenvalue weighted by Crippen LogP contribution is -2.27. The van der Waals surface area contributed by atoms with Crippen LogP contribution in [-0.2, 0) is 6.67 Å². The van der Waals surface area contributed by atoms with Crippen LogP contribution in [0.15, 0.2) is 72.8 Å². The number of ether oxygens (including phenoxy) is 2. The summed E-state index contributed by atoms with van der Waals surface area (Å²) in [5, 5.41) is 5.05. The molecule has 3 aromatic carbocycles. The predicted octanol–water partition coefficient (Wildman–Crippen LogP) is 5.94. The van der Waals surface area contributed by atoms with E-state index in [2.05, 4.69) is 64.9 Å². The smallest absolute Gasteiger partial charge is 0.204 e. The Balaban J connectivity index is 1.36. The van der Waals surface area contributed by atoms with Gasteiger partial charge in [0.1, 0.15) is 13.2 Å². The van der Waals surface area contributed by atoms with Gasteiger partial charge in [-0.2, -0.15) is 0 Å². The van der Waals surface area contributed by atoms with Crippen molar-refractivity contribution in [2.75, 3.05) is 19.8 Å². The van der Waals surface area contributed by atoms with Crippen molar-refractivity contribution in [3.05, 3.63) is 88.7 Å². The maximum Gasteiger partial charge on any atom is 0.204 e. The van der Waals surface area contributed by atoms with E-state index in [1.54, 1.807) is 0 Å². The summed E-state index contributed by atoms with van der Waals surface area (Å²) < 4.78 is 16.3. The van der Waals surface area contributed by atoms with Crippen LogP contribution in [0.5, 0.6) is 11.5 Å². The van der Waals surface area contributed by atoms with E-state index in [1.807, 2.05) is 28.9 Å². The van der Waals surface area contributed by atoms with Gasteiger partial charge in [0.2, 0.25) is 4.77 Å². The number of aryl methyl sites for hydroxylation is 1. The third-order valence-corrected chi connectivity index (χ3v) is 7.15. The fourth-order valence-electron chi connectivity index (χ4n) is 5.09. The van der Waals surface area contributed by atoms with Crippen LogP contribution in [0.1, 0.15) is 30.0 Å². The second-order valence-corrected chi connectivity index (χ2v) is 9.53.